The van der Waals surface area contributed by atoms with Crippen molar-refractivity contribution in [1.29, 1.82) is 0 Å². The van der Waals surface area contributed by atoms with Crippen LogP contribution < -0.4 is 4.90 Å². The average molecular weight is 516 g/mol. The minimum Gasteiger partial charge on any atom is -0.477 e. The van der Waals surface area contributed by atoms with Gasteiger partial charge in [-0.1, -0.05) is 29.8 Å². The molecule has 0 spiro atoms. The predicted molar refractivity (Wildman–Crippen MR) is 145 cm³/mol. The summed E-state index contributed by atoms with van der Waals surface area (Å²) in [5, 5.41) is 10.0. The van der Waals surface area contributed by atoms with E-state index in [9.17, 15) is 9.90 Å². The van der Waals surface area contributed by atoms with Crippen LogP contribution in [0.3, 0.4) is 0 Å². The van der Waals surface area contributed by atoms with Gasteiger partial charge in [-0.2, -0.15) is 0 Å². The molecule has 0 radical (unpaired) electrons. The molecule has 2 aromatic carbocycles. The van der Waals surface area contributed by atoms with E-state index < -0.39 is 5.97 Å². The van der Waals surface area contributed by atoms with E-state index in [1.165, 1.54) is 22.9 Å². The van der Waals surface area contributed by atoms with Gasteiger partial charge in [0.1, 0.15) is 11.3 Å². The zero-order valence-corrected chi connectivity index (χ0v) is 21.7. The number of hydrogen-bond acceptors (Lipinski definition) is 5. The summed E-state index contributed by atoms with van der Waals surface area (Å²) in [4.78, 5) is 25.2. The molecule has 1 fully saturated rings. The SMILES string of the molecule is Cn1c(CN2CCC(c3cccc4c3CCN(c3ccc(Cl)cc3)C4)CC2)nc2ccc(C(=O)O)nc21. The van der Waals surface area contributed by atoms with E-state index in [0.717, 1.165) is 68.3 Å². The normalized spacial score (nSPS) is 16.8. The zero-order valence-electron chi connectivity index (χ0n) is 20.9. The highest BCUT2D eigenvalue weighted by atomic mass is 35.5. The van der Waals surface area contributed by atoms with Crippen LogP contribution in [-0.4, -0.2) is 50.1 Å². The number of likely N-dealkylation sites (tertiary alicyclic amines) is 1. The highest BCUT2D eigenvalue weighted by Gasteiger charge is 2.27. The molecule has 0 amide bonds. The first-order valence-electron chi connectivity index (χ1n) is 12.9. The summed E-state index contributed by atoms with van der Waals surface area (Å²) in [6.07, 6.45) is 3.32. The molecule has 7 nitrogen and oxygen atoms in total. The lowest BCUT2D eigenvalue weighted by Crippen LogP contribution is -2.35. The van der Waals surface area contributed by atoms with Crippen molar-refractivity contribution in [3.8, 4) is 0 Å². The Morgan fingerprint density at radius 2 is 1.81 bits per heavy atom. The summed E-state index contributed by atoms with van der Waals surface area (Å²) < 4.78 is 1.92. The molecule has 0 aliphatic carbocycles. The second kappa shape index (κ2) is 9.80. The van der Waals surface area contributed by atoms with Crippen molar-refractivity contribution in [2.45, 2.75) is 38.3 Å². The Balaban J connectivity index is 1.13. The van der Waals surface area contributed by atoms with Gasteiger partial charge in [0.05, 0.1) is 6.54 Å². The van der Waals surface area contributed by atoms with E-state index >= 15 is 0 Å². The molecule has 190 valence electrons. The Bertz CT molecular complexity index is 1460. The van der Waals surface area contributed by atoms with Gasteiger partial charge in [-0.25, -0.2) is 14.8 Å². The lowest BCUT2D eigenvalue weighted by Gasteiger charge is -2.36. The van der Waals surface area contributed by atoms with Gasteiger partial charge in [0, 0.05) is 30.8 Å². The largest absolute Gasteiger partial charge is 0.477 e. The number of piperidine rings is 1. The molecule has 2 aromatic heterocycles. The molecular weight excluding hydrogens is 486 g/mol. The van der Waals surface area contributed by atoms with Crippen LogP contribution in [0.25, 0.3) is 11.2 Å². The molecule has 4 aromatic rings. The smallest absolute Gasteiger partial charge is 0.354 e. The quantitative estimate of drug-likeness (QED) is 0.390. The number of carbonyl (C=O) groups is 1. The van der Waals surface area contributed by atoms with Gasteiger partial charge in [-0.3, -0.25) is 4.90 Å². The molecule has 0 bridgehead atoms. The molecule has 0 saturated carbocycles. The summed E-state index contributed by atoms with van der Waals surface area (Å²) in [5.41, 5.74) is 7.14. The van der Waals surface area contributed by atoms with Crippen molar-refractivity contribution in [1.82, 2.24) is 19.4 Å². The number of hydrogen-bond donors (Lipinski definition) is 1. The van der Waals surface area contributed by atoms with Crippen molar-refractivity contribution < 1.29 is 9.90 Å². The van der Waals surface area contributed by atoms with Crippen LogP contribution in [0.15, 0.2) is 54.6 Å². The number of imidazole rings is 1. The number of anilines is 1. The van der Waals surface area contributed by atoms with Gasteiger partial charge >= 0.3 is 5.97 Å². The molecule has 0 unspecified atom stereocenters. The third-order valence-corrected chi connectivity index (χ3v) is 8.17. The Labute approximate surface area is 221 Å². The molecule has 6 rings (SSSR count). The topological polar surface area (TPSA) is 74.5 Å². The van der Waals surface area contributed by atoms with Crippen LogP contribution in [0.4, 0.5) is 5.69 Å². The Morgan fingerprint density at radius 1 is 1.03 bits per heavy atom. The van der Waals surface area contributed by atoms with Crippen LogP contribution in [0, 0.1) is 0 Å². The lowest BCUT2D eigenvalue weighted by molar-refractivity contribution is 0.0691. The third kappa shape index (κ3) is 4.69. The molecule has 4 heterocycles. The molecule has 2 aliphatic heterocycles. The first-order valence-corrected chi connectivity index (χ1v) is 13.2. The van der Waals surface area contributed by atoms with Gasteiger partial charge < -0.3 is 14.6 Å². The highest BCUT2D eigenvalue weighted by molar-refractivity contribution is 6.30. The highest BCUT2D eigenvalue weighted by Crippen LogP contribution is 2.35. The Kier molecular flexibility index (Phi) is 6.34. The van der Waals surface area contributed by atoms with Crippen LogP contribution in [-0.2, 0) is 26.6 Å². The summed E-state index contributed by atoms with van der Waals surface area (Å²) in [6.45, 7) is 4.73. The zero-order chi connectivity index (χ0) is 25.5. The number of halogens is 1. The van der Waals surface area contributed by atoms with E-state index in [4.69, 9.17) is 16.6 Å². The van der Waals surface area contributed by atoms with Gasteiger partial charge in [0.2, 0.25) is 0 Å². The van der Waals surface area contributed by atoms with E-state index in [1.807, 2.05) is 23.7 Å². The van der Waals surface area contributed by atoms with Gasteiger partial charge in [-0.15, -0.1) is 0 Å². The summed E-state index contributed by atoms with van der Waals surface area (Å²) in [6, 6.07) is 18.3. The van der Waals surface area contributed by atoms with E-state index in [1.54, 1.807) is 11.6 Å². The maximum atomic E-state index is 11.3. The number of aromatic carboxylic acids is 1. The van der Waals surface area contributed by atoms with Crippen LogP contribution >= 0.6 is 11.6 Å². The standard InChI is InChI=1S/C29H30ClN5O2/c1-33-27(31-25-9-10-26(29(36)37)32-28(25)33)18-34-14-11-19(12-15-34)23-4-2-3-20-17-35(16-13-24(20)23)22-7-5-21(30)6-8-22/h2-10,19H,11-18H2,1H3,(H,36,37). The number of fused-ring (bicyclic) bond motifs is 2. The van der Waals surface area contributed by atoms with E-state index in [0.29, 0.717) is 11.6 Å². The first kappa shape index (κ1) is 23.9. The summed E-state index contributed by atoms with van der Waals surface area (Å²) >= 11 is 6.09. The van der Waals surface area contributed by atoms with E-state index in [-0.39, 0.29) is 5.69 Å². The van der Waals surface area contributed by atoms with Crippen molar-refractivity contribution >= 4 is 34.4 Å². The fraction of sp³-hybridized carbons (Fsp3) is 0.345. The Morgan fingerprint density at radius 3 is 2.57 bits per heavy atom. The molecule has 0 atom stereocenters. The van der Waals surface area contributed by atoms with Crippen LogP contribution in [0.5, 0.6) is 0 Å². The maximum Gasteiger partial charge on any atom is 0.354 e. The molecule has 8 heteroatoms. The number of carboxylic acid groups (broad SMARTS) is 1. The molecule has 1 N–H and O–H groups in total. The number of benzene rings is 2. The van der Waals surface area contributed by atoms with Crippen LogP contribution in [0.2, 0.25) is 5.02 Å². The minimum absolute atomic E-state index is 0.0466. The first-order chi connectivity index (χ1) is 18.0. The van der Waals surface area contributed by atoms with Crippen molar-refractivity contribution in [3.05, 3.63) is 87.8 Å². The van der Waals surface area contributed by atoms with Gasteiger partial charge in [-0.05, 0) is 91.4 Å². The minimum atomic E-state index is -1.02. The van der Waals surface area contributed by atoms with Crippen molar-refractivity contribution in [3.63, 3.8) is 0 Å². The van der Waals surface area contributed by atoms with Crippen LogP contribution in [0.1, 0.15) is 51.8 Å². The van der Waals surface area contributed by atoms with Crippen molar-refractivity contribution in [2.75, 3.05) is 24.5 Å². The van der Waals surface area contributed by atoms with Gasteiger partial charge in [0.15, 0.2) is 11.3 Å². The van der Waals surface area contributed by atoms with E-state index in [2.05, 4.69) is 45.1 Å². The van der Waals surface area contributed by atoms with Crippen molar-refractivity contribution in [2.24, 2.45) is 7.05 Å². The monoisotopic (exact) mass is 515 g/mol. The molecule has 37 heavy (non-hydrogen) atoms. The fourth-order valence-electron chi connectivity index (χ4n) is 5.87. The number of nitrogens with zero attached hydrogens (tertiary/aromatic N) is 5. The third-order valence-electron chi connectivity index (χ3n) is 7.91. The predicted octanol–water partition coefficient (Wildman–Crippen LogP) is 5.26. The number of carboxylic acids is 1. The number of pyridine rings is 1. The molecular formula is C29H30ClN5O2. The average Bonchev–Trinajstić information content (AvgIpc) is 3.23. The number of rotatable bonds is 5. The van der Waals surface area contributed by atoms with Gasteiger partial charge in [0.25, 0.3) is 0 Å². The summed E-state index contributed by atoms with van der Waals surface area (Å²) in [5.74, 6) is 0.476. The molecule has 2 aliphatic rings. The number of aryl methyl sites for hydroxylation is 1. The Hall–Kier alpha value is -3.42. The maximum absolute atomic E-state index is 11.3. The molecule has 1 saturated heterocycles. The fourth-order valence-corrected chi connectivity index (χ4v) is 5.99. The second-order valence-electron chi connectivity index (χ2n) is 10.1. The summed E-state index contributed by atoms with van der Waals surface area (Å²) in [7, 11) is 1.92. The lowest BCUT2D eigenvalue weighted by atomic mass is 9.82. The number of aromatic nitrogens is 3. The second-order valence-corrected chi connectivity index (χ2v) is 10.6.